The number of hydrogen-bond acceptors (Lipinski definition) is 5. The van der Waals surface area contributed by atoms with Gasteiger partial charge in [0, 0.05) is 5.38 Å². The lowest BCUT2D eigenvalue weighted by molar-refractivity contribution is -0.125. The molecule has 6 nitrogen and oxygen atoms in total. The Morgan fingerprint density at radius 2 is 1.59 bits per heavy atom. The zero-order chi connectivity index (χ0) is 28.0. The van der Waals surface area contributed by atoms with Gasteiger partial charge in [-0.15, -0.1) is 11.3 Å². The maximum atomic E-state index is 14.0. The lowest BCUT2D eigenvalue weighted by atomic mass is 9.80. The molecule has 0 radical (unpaired) electrons. The number of carbonyl (C=O) groups is 1. The van der Waals surface area contributed by atoms with E-state index >= 15 is 0 Å². The number of amides is 1. The molecule has 0 aliphatic heterocycles. The van der Waals surface area contributed by atoms with Crippen molar-refractivity contribution < 1.29 is 9.90 Å². The van der Waals surface area contributed by atoms with Crippen LogP contribution in [0.1, 0.15) is 78.9 Å². The molecule has 0 bridgehead atoms. The molecule has 6 rings (SSSR count). The SMILES string of the molecule is O=C(NC(CO)c1ccccc1)C(c1ccc(C(c2cscn2)n2cnc3ccccc32)cc1)C1CCCCCC1. The number of aliphatic hydroxyl groups excluding tert-OH is 1. The van der Waals surface area contributed by atoms with Gasteiger partial charge >= 0.3 is 0 Å². The fourth-order valence-electron chi connectivity index (χ4n) is 6.36. The van der Waals surface area contributed by atoms with Gasteiger partial charge < -0.3 is 15.0 Å². The third-order valence-corrected chi connectivity index (χ3v) is 9.06. The number of aromatic nitrogens is 3. The number of carbonyl (C=O) groups excluding carboxylic acids is 1. The molecule has 7 heteroatoms. The van der Waals surface area contributed by atoms with Gasteiger partial charge in [0.15, 0.2) is 0 Å². The van der Waals surface area contributed by atoms with Crippen LogP contribution in [-0.4, -0.2) is 32.2 Å². The minimum Gasteiger partial charge on any atom is -0.394 e. The van der Waals surface area contributed by atoms with Gasteiger partial charge in [-0.3, -0.25) is 4.79 Å². The summed E-state index contributed by atoms with van der Waals surface area (Å²) in [6, 6.07) is 25.9. The Bertz CT molecular complexity index is 1540. The fraction of sp³-hybridized carbons (Fsp3) is 0.324. The molecule has 41 heavy (non-hydrogen) atoms. The highest BCUT2D eigenvalue weighted by atomic mass is 32.1. The summed E-state index contributed by atoms with van der Waals surface area (Å²) in [7, 11) is 0. The number of nitrogens with zero attached hydrogens (tertiary/aromatic N) is 3. The van der Waals surface area contributed by atoms with Crippen molar-refractivity contribution in [2.24, 2.45) is 5.92 Å². The molecular formula is C34H36N4O2S. The minimum atomic E-state index is -0.431. The lowest BCUT2D eigenvalue weighted by Gasteiger charge is -2.28. The second-order valence-electron chi connectivity index (χ2n) is 11.0. The van der Waals surface area contributed by atoms with Crippen LogP contribution in [0.4, 0.5) is 0 Å². The van der Waals surface area contributed by atoms with Crippen LogP contribution in [0.25, 0.3) is 11.0 Å². The molecule has 0 saturated heterocycles. The zero-order valence-electron chi connectivity index (χ0n) is 23.1. The van der Waals surface area contributed by atoms with E-state index in [2.05, 4.69) is 55.6 Å². The van der Waals surface area contributed by atoms with Gasteiger partial charge in [0.25, 0.3) is 0 Å². The first-order valence-electron chi connectivity index (χ1n) is 14.6. The van der Waals surface area contributed by atoms with Crippen molar-refractivity contribution in [1.29, 1.82) is 0 Å². The Balaban J connectivity index is 1.34. The van der Waals surface area contributed by atoms with Gasteiger partial charge in [0.05, 0.1) is 47.1 Å². The molecule has 210 valence electrons. The van der Waals surface area contributed by atoms with Crippen LogP contribution in [0.3, 0.4) is 0 Å². The van der Waals surface area contributed by atoms with Crippen molar-refractivity contribution in [3.8, 4) is 0 Å². The molecule has 3 unspecified atom stereocenters. The summed E-state index contributed by atoms with van der Waals surface area (Å²) in [4.78, 5) is 23.3. The predicted molar refractivity (Wildman–Crippen MR) is 164 cm³/mol. The average molecular weight is 565 g/mol. The van der Waals surface area contributed by atoms with Crippen molar-refractivity contribution in [2.75, 3.05) is 6.61 Å². The molecule has 3 atom stereocenters. The van der Waals surface area contributed by atoms with Gasteiger partial charge in [-0.25, -0.2) is 9.97 Å². The number of para-hydroxylation sites is 2. The number of hydrogen-bond donors (Lipinski definition) is 2. The molecule has 3 aromatic carbocycles. The van der Waals surface area contributed by atoms with E-state index in [1.54, 1.807) is 11.3 Å². The highest BCUT2D eigenvalue weighted by molar-refractivity contribution is 7.07. The van der Waals surface area contributed by atoms with E-state index < -0.39 is 6.04 Å². The van der Waals surface area contributed by atoms with Gasteiger partial charge in [0.2, 0.25) is 5.91 Å². The summed E-state index contributed by atoms with van der Waals surface area (Å²) in [6.07, 6.45) is 8.71. The zero-order valence-corrected chi connectivity index (χ0v) is 23.9. The molecule has 2 N–H and O–H groups in total. The van der Waals surface area contributed by atoms with E-state index in [1.807, 2.05) is 60.4 Å². The van der Waals surface area contributed by atoms with Crippen LogP contribution in [0.5, 0.6) is 0 Å². The van der Waals surface area contributed by atoms with E-state index in [9.17, 15) is 9.90 Å². The molecule has 2 heterocycles. The van der Waals surface area contributed by atoms with E-state index in [4.69, 9.17) is 0 Å². The molecule has 1 fully saturated rings. The van der Waals surface area contributed by atoms with Crippen LogP contribution in [0, 0.1) is 5.92 Å². The first-order valence-corrected chi connectivity index (χ1v) is 15.5. The summed E-state index contributed by atoms with van der Waals surface area (Å²) in [5.74, 6) is -0.0127. The normalized spacial score (nSPS) is 16.6. The maximum absolute atomic E-state index is 14.0. The quantitative estimate of drug-likeness (QED) is 0.188. The molecule has 1 aliphatic carbocycles. The third-order valence-electron chi connectivity index (χ3n) is 8.46. The highest BCUT2D eigenvalue weighted by Gasteiger charge is 2.32. The Morgan fingerprint density at radius 3 is 2.29 bits per heavy atom. The number of imidazole rings is 1. The van der Waals surface area contributed by atoms with Crippen LogP contribution >= 0.6 is 11.3 Å². The largest absolute Gasteiger partial charge is 0.394 e. The average Bonchev–Trinajstić information content (AvgIpc) is 3.62. The molecule has 5 aromatic rings. The van der Waals surface area contributed by atoms with Crippen molar-refractivity contribution in [2.45, 2.75) is 56.5 Å². The first kappa shape index (κ1) is 27.4. The van der Waals surface area contributed by atoms with Crippen molar-refractivity contribution in [1.82, 2.24) is 19.9 Å². The van der Waals surface area contributed by atoms with E-state index in [1.165, 1.54) is 12.8 Å². The van der Waals surface area contributed by atoms with Crippen molar-refractivity contribution >= 4 is 28.3 Å². The molecule has 1 aliphatic rings. The highest BCUT2D eigenvalue weighted by Crippen LogP contribution is 2.37. The van der Waals surface area contributed by atoms with E-state index in [0.29, 0.717) is 0 Å². The van der Waals surface area contributed by atoms with Crippen molar-refractivity contribution in [3.05, 3.63) is 118 Å². The number of aliphatic hydroxyl groups is 1. The Morgan fingerprint density at radius 1 is 0.878 bits per heavy atom. The summed E-state index contributed by atoms with van der Waals surface area (Å²) < 4.78 is 2.18. The predicted octanol–water partition coefficient (Wildman–Crippen LogP) is 7.03. The smallest absolute Gasteiger partial charge is 0.228 e. The summed E-state index contributed by atoms with van der Waals surface area (Å²) >= 11 is 1.59. The molecule has 1 saturated carbocycles. The monoisotopic (exact) mass is 564 g/mol. The van der Waals surface area contributed by atoms with E-state index in [0.717, 1.165) is 59.1 Å². The number of fused-ring (bicyclic) bond motifs is 1. The number of rotatable bonds is 9. The molecule has 0 spiro atoms. The van der Waals surface area contributed by atoms with Crippen LogP contribution < -0.4 is 5.32 Å². The second-order valence-corrected chi connectivity index (χ2v) is 11.7. The summed E-state index contributed by atoms with van der Waals surface area (Å²) in [5.41, 5.74) is 7.88. The fourth-order valence-corrected chi connectivity index (χ4v) is 6.94. The van der Waals surface area contributed by atoms with Gasteiger partial charge in [-0.1, -0.05) is 92.4 Å². The standard InChI is InChI=1S/C34H36N4O2S/c39-20-29(24-10-6-3-7-11-24)37-34(40)32(25-12-4-1-2-5-13-25)26-16-18-27(19-17-26)33(30-21-41-23-36-30)38-22-35-28-14-8-9-15-31(28)38/h3,6-11,14-19,21-23,25,29,32-33,39H,1-2,4-5,12-13,20H2,(H,37,40). The Labute approximate surface area is 245 Å². The van der Waals surface area contributed by atoms with Crippen LogP contribution in [0.15, 0.2) is 96.1 Å². The van der Waals surface area contributed by atoms with Gasteiger partial charge in [-0.05, 0) is 47.6 Å². The van der Waals surface area contributed by atoms with Crippen LogP contribution in [0.2, 0.25) is 0 Å². The third kappa shape index (κ3) is 5.97. The summed E-state index contributed by atoms with van der Waals surface area (Å²) in [5, 5.41) is 15.4. The van der Waals surface area contributed by atoms with Crippen LogP contribution in [-0.2, 0) is 4.79 Å². The number of nitrogens with one attached hydrogen (secondary N) is 1. The maximum Gasteiger partial charge on any atom is 0.228 e. The Hall–Kier alpha value is -3.81. The first-order chi connectivity index (χ1) is 20.2. The topological polar surface area (TPSA) is 80.0 Å². The molecule has 2 aromatic heterocycles. The number of thiazole rings is 1. The lowest BCUT2D eigenvalue weighted by Crippen LogP contribution is -2.37. The number of benzene rings is 3. The Kier molecular flexibility index (Phi) is 8.54. The van der Waals surface area contributed by atoms with Gasteiger partial charge in [-0.2, -0.15) is 0 Å². The molecular weight excluding hydrogens is 528 g/mol. The van der Waals surface area contributed by atoms with Crippen molar-refractivity contribution in [3.63, 3.8) is 0 Å². The summed E-state index contributed by atoms with van der Waals surface area (Å²) in [6.45, 7) is -0.139. The molecule has 1 amide bonds. The minimum absolute atomic E-state index is 0.00999. The van der Waals surface area contributed by atoms with E-state index in [-0.39, 0.29) is 30.4 Å². The van der Waals surface area contributed by atoms with Gasteiger partial charge in [0.1, 0.15) is 6.04 Å². The second kappa shape index (κ2) is 12.8.